The summed E-state index contributed by atoms with van der Waals surface area (Å²) in [6.07, 6.45) is 3.94. The zero-order chi connectivity index (χ0) is 13.7. The Labute approximate surface area is 119 Å². The van der Waals surface area contributed by atoms with Crippen LogP contribution in [0.1, 0.15) is 40.0 Å². The van der Waals surface area contributed by atoms with Crippen molar-refractivity contribution in [2.24, 2.45) is 17.3 Å². The van der Waals surface area contributed by atoms with Gasteiger partial charge in [-0.15, -0.1) is 0 Å². The van der Waals surface area contributed by atoms with Crippen molar-refractivity contribution in [2.45, 2.75) is 40.0 Å². The maximum absolute atomic E-state index is 5.80. The van der Waals surface area contributed by atoms with Gasteiger partial charge in [-0.2, -0.15) is 0 Å². The van der Waals surface area contributed by atoms with E-state index in [1.165, 1.54) is 38.9 Å². The van der Waals surface area contributed by atoms with Gasteiger partial charge >= 0.3 is 0 Å². The predicted octanol–water partition coefficient (Wildman–Crippen LogP) is 2.37. The molecule has 2 rings (SSSR count). The summed E-state index contributed by atoms with van der Waals surface area (Å²) in [7, 11) is 0. The molecule has 0 aromatic carbocycles. The van der Waals surface area contributed by atoms with Crippen molar-refractivity contribution in [3.63, 3.8) is 0 Å². The molecule has 0 bridgehead atoms. The number of nitrogens with one attached hydrogen (secondary N) is 1. The first-order valence-electron chi connectivity index (χ1n) is 8.16. The van der Waals surface area contributed by atoms with Crippen molar-refractivity contribution < 1.29 is 4.74 Å². The lowest BCUT2D eigenvalue weighted by molar-refractivity contribution is -0.0234. The summed E-state index contributed by atoms with van der Waals surface area (Å²) in [5.74, 6) is 1.73. The molecule has 2 aliphatic rings. The van der Waals surface area contributed by atoms with E-state index in [2.05, 4.69) is 31.0 Å². The first-order valence-corrected chi connectivity index (χ1v) is 8.16. The van der Waals surface area contributed by atoms with Crippen LogP contribution in [0.5, 0.6) is 0 Å². The van der Waals surface area contributed by atoms with E-state index >= 15 is 0 Å². The Morgan fingerprint density at radius 2 is 2.26 bits per heavy atom. The number of hydrogen-bond acceptors (Lipinski definition) is 3. The van der Waals surface area contributed by atoms with Gasteiger partial charge in [0.2, 0.25) is 0 Å². The van der Waals surface area contributed by atoms with Gasteiger partial charge in [0, 0.05) is 31.7 Å². The smallest absolute Gasteiger partial charge is 0.0546 e. The molecule has 0 saturated carbocycles. The van der Waals surface area contributed by atoms with Crippen LogP contribution in [-0.2, 0) is 4.74 Å². The van der Waals surface area contributed by atoms with Gasteiger partial charge in [0.15, 0.2) is 0 Å². The average Bonchev–Trinajstić information content (AvgIpc) is 2.86. The van der Waals surface area contributed by atoms with Gasteiger partial charge in [0.25, 0.3) is 0 Å². The standard InChI is InChI=1S/C16H32N2O/c1-4-17-11-16(7-5-9-19-13-16)12-18-8-6-15(10-18)14(2)3/h14-15,17H,4-13H2,1-3H3. The Balaban J connectivity index is 1.89. The predicted molar refractivity (Wildman–Crippen MR) is 80.4 cm³/mol. The minimum Gasteiger partial charge on any atom is -0.381 e. The Morgan fingerprint density at radius 1 is 1.42 bits per heavy atom. The molecule has 3 heteroatoms. The fourth-order valence-corrected chi connectivity index (χ4v) is 3.64. The van der Waals surface area contributed by atoms with E-state index in [4.69, 9.17) is 4.74 Å². The summed E-state index contributed by atoms with van der Waals surface area (Å²) in [4.78, 5) is 2.69. The molecular weight excluding hydrogens is 236 g/mol. The largest absolute Gasteiger partial charge is 0.381 e. The fourth-order valence-electron chi connectivity index (χ4n) is 3.64. The first kappa shape index (κ1) is 15.3. The van der Waals surface area contributed by atoms with Crippen LogP contribution >= 0.6 is 0 Å². The second-order valence-electron chi connectivity index (χ2n) is 6.96. The van der Waals surface area contributed by atoms with E-state index in [0.29, 0.717) is 5.41 Å². The lowest BCUT2D eigenvalue weighted by Crippen LogP contribution is -2.48. The number of likely N-dealkylation sites (tertiary alicyclic amines) is 1. The van der Waals surface area contributed by atoms with E-state index in [-0.39, 0.29) is 0 Å². The first-order chi connectivity index (χ1) is 9.15. The molecule has 19 heavy (non-hydrogen) atoms. The van der Waals surface area contributed by atoms with Gasteiger partial charge < -0.3 is 15.0 Å². The van der Waals surface area contributed by atoms with Gasteiger partial charge in [-0.3, -0.25) is 0 Å². The SMILES string of the molecule is CCNCC1(CN2CCC(C(C)C)C2)CCCOC1. The molecule has 2 fully saturated rings. The summed E-state index contributed by atoms with van der Waals surface area (Å²) in [5, 5.41) is 3.56. The summed E-state index contributed by atoms with van der Waals surface area (Å²) in [6.45, 7) is 14.8. The zero-order valence-electron chi connectivity index (χ0n) is 13.1. The second-order valence-corrected chi connectivity index (χ2v) is 6.96. The van der Waals surface area contributed by atoms with Crippen molar-refractivity contribution in [1.29, 1.82) is 0 Å². The van der Waals surface area contributed by atoms with Crippen molar-refractivity contribution in [3.8, 4) is 0 Å². The highest BCUT2D eigenvalue weighted by atomic mass is 16.5. The van der Waals surface area contributed by atoms with E-state index in [1.807, 2.05) is 0 Å². The quantitative estimate of drug-likeness (QED) is 0.800. The molecule has 0 amide bonds. The molecular formula is C16H32N2O. The molecule has 0 aromatic rings. The summed E-state index contributed by atoms with van der Waals surface area (Å²) in [5.41, 5.74) is 0.361. The molecule has 0 radical (unpaired) electrons. The molecule has 0 spiro atoms. The van der Waals surface area contributed by atoms with Gasteiger partial charge in [-0.25, -0.2) is 0 Å². The molecule has 2 unspecified atom stereocenters. The van der Waals surface area contributed by atoms with Crippen LogP contribution < -0.4 is 5.32 Å². The fraction of sp³-hybridized carbons (Fsp3) is 1.00. The number of hydrogen-bond donors (Lipinski definition) is 1. The van der Waals surface area contributed by atoms with Gasteiger partial charge in [-0.05, 0) is 44.2 Å². The molecule has 0 aliphatic carbocycles. The van der Waals surface area contributed by atoms with E-state index in [0.717, 1.165) is 38.1 Å². The molecule has 2 saturated heterocycles. The molecule has 1 N–H and O–H groups in total. The van der Waals surface area contributed by atoms with Crippen LogP contribution in [-0.4, -0.2) is 50.8 Å². The normalized spacial score (nSPS) is 33.2. The Bertz CT molecular complexity index is 261. The third-order valence-corrected chi connectivity index (χ3v) is 4.96. The Morgan fingerprint density at radius 3 is 2.84 bits per heavy atom. The van der Waals surface area contributed by atoms with Gasteiger partial charge in [-0.1, -0.05) is 20.8 Å². The van der Waals surface area contributed by atoms with Gasteiger partial charge in [0.05, 0.1) is 6.61 Å². The zero-order valence-corrected chi connectivity index (χ0v) is 13.1. The molecule has 0 aromatic heterocycles. The summed E-state index contributed by atoms with van der Waals surface area (Å²) in [6, 6.07) is 0. The Hall–Kier alpha value is -0.120. The molecule has 3 nitrogen and oxygen atoms in total. The molecule has 112 valence electrons. The topological polar surface area (TPSA) is 24.5 Å². The molecule has 2 heterocycles. The third-order valence-electron chi connectivity index (χ3n) is 4.96. The number of nitrogens with zero attached hydrogens (tertiary/aromatic N) is 1. The molecule has 2 aliphatic heterocycles. The summed E-state index contributed by atoms with van der Waals surface area (Å²) >= 11 is 0. The average molecular weight is 268 g/mol. The van der Waals surface area contributed by atoms with Crippen molar-refractivity contribution in [1.82, 2.24) is 10.2 Å². The molecule has 2 atom stereocenters. The van der Waals surface area contributed by atoms with Crippen molar-refractivity contribution >= 4 is 0 Å². The highest BCUT2D eigenvalue weighted by molar-refractivity contribution is 4.90. The lowest BCUT2D eigenvalue weighted by Gasteiger charge is -2.40. The number of rotatable bonds is 6. The highest BCUT2D eigenvalue weighted by Crippen LogP contribution is 2.32. The minimum absolute atomic E-state index is 0.361. The highest BCUT2D eigenvalue weighted by Gasteiger charge is 2.36. The Kier molecular flexibility index (Phi) is 5.67. The second kappa shape index (κ2) is 7.05. The van der Waals surface area contributed by atoms with Crippen LogP contribution in [0.3, 0.4) is 0 Å². The van der Waals surface area contributed by atoms with E-state index in [9.17, 15) is 0 Å². The maximum Gasteiger partial charge on any atom is 0.0546 e. The van der Waals surface area contributed by atoms with Crippen LogP contribution in [0, 0.1) is 17.3 Å². The van der Waals surface area contributed by atoms with Crippen LogP contribution in [0.25, 0.3) is 0 Å². The monoisotopic (exact) mass is 268 g/mol. The van der Waals surface area contributed by atoms with Crippen molar-refractivity contribution in [2.75, 3.05) is 45.9 Å². The lowest BCUT2D eigenvalue weighted by atomic mass is 9.81. The van der Waals surface area contributed by atoms with E-state index in [1.54, 1.807) is 0 Å². The van der Waals surface area contributed by atoms with Crippen LogP contribution in [0.15, 0.2) is 0 Å². The maximum atomic E-state index is 5.80. The van der Waals surface area contributed by atoms with E-state index < -0.39 is 0 Å². The van der Waals surface area contributed by atoms with Gasteiger partial charge in [0.1, 0.15) is 0 Å². The van der Waals surface area contributed by atoms with Crippen molar-refractivity contribution in [3.05, 3.63) is 0 Å². The van der Waals surface area contributed by atoms with Crippen LogP contribution in [0.4, 0.5) is 0 Å². The van der Waals surface area contributed by atoms with Crippen LogP contribution in [0.2, 0.25) is 0 Å². The minimum atomic E-state index is 0.361. The number of ether oxygens (including phenoxy) is 1. The third kappa shape index (κ3) is 4.17. The summed E-state index contributed by atoms with van der Waals surface area (Å²) < 4.78 is 5.80.